The van der Waals surface area contributed by atoms with Crippen molar-refractivity contribution in [1.29, 1.82) is 0 Å². The Morgan fingerprint density at radius 3 is 2.67 bits per heavy atom. The molecule has 3 nitrogen and oxygen atoms in total. The quantitative estimate of drug-likeness (QED) is 0.835. The maximum atomic E-state index is 12.2. The molecule has 1 aromatic carbocycles. The molecule has 1 aliphatic rings. The van der Waals surface area contributed by atoms with E-state index in [4.69, 9.17) is 4.74 Å². The summed E-state index contributed by atoms with van der Waals surface area (Å²) in [5.41, 5.74) is 1.27. The van der Waals surface area contributed by atoms with Crippen LogP contribution in [0.5, 0.6) is 0 Å². The summed E-state index contributed by atoms with van der Waals surface area (Å²) >= 11 is 1.70. The van der Waals surface area contributed by atoms with Gasteiger partial charge < -0.3 is 9.64 Å². The zero-order chi connectivity index (χ0) is 12.8. The van der Waals surface area contributed by atoms with Crippen LogP contribution < -0.4 is 0 Å². The average Bonchev–Trinajstić information content (AvgIpc) is 2.46. The van der Waals surface area contributed by atoms with E-state index in [-0.39, 0.29) is 11.2 Å². The second-order valence-corrected chi connectivity index (χ2v) is 5.71. The van der Waals surface area contributed by atoms with Crippen molar-refractivity contribution in [2.75, 3.05) is 26.3 Å². The number of carbonyl (C=O) groups is 1. The third kappa shape index (κ3) is 3.75. The molecule has 18 heavy (non-hydrogen) atoms. The van der Waals surface area contributed by atoms with Crippen LogP contribution >= 0.6 is 11.8 Å². The van der Waals surface area contributed by atoms with Crippen LogP contribution in [0, 0.1) is 0 Å². The van der Waals surface area contributed by atoms with Crippen LogP contribution in [0.3, 0.4) is 0 Å². The van der Waals surface area contributed by atoms with Gasteiger partial charge in [0, 0.05) is 18.8 Å². The highest BCUT2D eigenvalue weighted by molar-refractivity contribution is 7.99. The number of morpholine rings is 1. The first-order chi connectivity index (χ1) is 8.77. The van der Waals surface area contributed by atoms with E-state index < -0.39 is 0 Å². The van der Waals surface area contributed by atoms with Gasteiger partial charge in [0.25, 0.3) is 0 Å². The molecular formula is C14H19NO2S. The SMILES string of the molecule is C[C@@H](SCc1ccccc1)C(=O)N1CCOCC1. The standard InChI is InChI=1S/C14H19NO2S/c1-12(14(16)15-7-9-17-10-8-15)18-11-13-5-3-2-4-6-13/h2-6,12H,7-11H2,1H3/t12-/m1/s1. The Morgan fingerprint density at radius 2 is 2.00 bits per heavy atom. The third-order valence-corrected chi connectivity index (χ3v) is 4.21. The molecule has 98 valence electrons. The summed E-state index contributed by atoms with van der Waals surface area (Å²) in [6.07, 6.45) is 0. The highest BCUT2D eigenvalue weighted by Gasteiger charge is 2.22. The van der Waals surface area contributed by atoms with Crippen molar-refractivity contribution in [3.8, 4) is 0 Å². The normalized spacial score (nSPS) is 17.5. The fourth-order valence-electron chi connectivity index (χ4n) is 1.91. The molecule has 4 heteroatoms. The molecule has 1 fully saturated rings. The minimum absolute atomic E-state index is 0.0170. The van der Waals surface area contributed by atoms with Crippen LogP contribution in [0.2, 0.25) is 0 Å². The number of amides is 1. The summed E-state index contributed by atoms with van der Waals surface area (Å²) in [6.45, 7) is 4.79. The van der Waals surface area contributed by atoms with Crippen molar-refractivity contribution in [3.05, 3.63) is 35.9 Å². The van der Waals surface area contributed by atoms with Gasteiger partial charge in [-0.2, -0.15) is 0 Å². The van der Waals surface area contributed by atoms with Gasteiger partial charge in [-0.3, -0.25) is 4.79 Å². The van der Waals surface area contributed by atoms with Crippen molar-refractivity contribution >= 4 is 17.7 Å². The molecule has 0 saturated carbocycles. The maximum Gasteiger partial charge on any atom is 0.235 e. The lowest BCUT2D eigenvalue weighted by Gasteiger charge is -2.29. The lowest BCUT2D eigenvalue weighted by Crippen LogP contribution is -2.44. The van der Waals surface area contributed by atoms with E-state index in [0.29, 0.717) is 13.2 Å². The Balaban J connectivity index is 1.80. The Kier molecular flexibility index (Phi) is 5.08. The first kappa shape index (κ1) is 13.4. The number of carbonyl (C=O) groups excluding carboxylic acids is 1. The smallest absolute Gasteiger partial charge is 0.235 e. The highest BCUT2D eigenvalue weighted by Crippen LogP contribution is 2.19. The summed E-state index contributed by atoms with van der Waals surface area (Å²) in [4.78, 5) is 14.1. The van der Waals surface area contributed by atoms with Crippen molar-refractivity contribution < 1.29 is 9.53 Å². The molecule has 2 rings (SSSR count). The number of hydrogen-bond donors (Lipinski definition) is 0. The average molecular weight is 265 g/mol. The number of rotatable bonds is 4. The number of benzene rings is 1. The zero-order valence-corrected chi connectivity index (χ0v) is 11.5. The third-order valence-electron chi connectivity index (χ3n) is 3.01. The first-order valence-electron chi connectivity index (χ1n) is 6.29. The Labute approximate surface area is 113 Å². The van der Waals surface area contributed by atoms with Crippen molar-refractivity contribution in [2.45, 2.75) is 17.9 Å². The molecule has 0 unspecified atom stereocenters. The molecule has 0 aromatic heterocycles. The van der Waals surface area contributed by atoms with E-state index in [0.717, 1.165) is 18.8 Å². The largest absolute Gasteiger partial charge is 0.378 e. The van der Waals surface area contributed by atoms with Crippen LogP contribution in [0.25, 0.3) is 0 Å². The van der Waals surface area contributed by atoms with E-state index in [9.17, 15) is 4.79 Å². The van der Waals surface area contributed by atoms with Crippen LogP contribution in [0.4, 0.5) is 0 Å². The van der Waals surface area contributed by atoms with Gasteiger partial charge in [-0.15, -0.1) is 11.8 Å². The lowest BCUT2D eigenvalue weighted by molar-refractivity contribution is -0.134. The van der Waals surface area contributed by atoms with Gasteiger partial charge in [0.1, 0.15) is 0 Å². The van der Waals surface area contributed by atoms with Gasteiger partial charge >= 0.3 is 0 Å². The molecule has 0 bridgehead atoms. The van der Waals surface area contributed by atoms with E-state index in [2.05, 4.69) is 12.1 Å². The predicted molar refractivity (Wildman–Crippen MR) is 74.6 cm³/mol. The number of thioether (sulfide) groups is 1. The lowest BCUT2D eigenvalue weighted by atomic mass is 10.2. The van der Waals surface area contributed by atoms with Gasteiger partial charge in [-0.1, -0.05) is 30.3 Å². The van der Waals surface area contributed by atoms with Gasteiger partial charge in [-0.05, 0) is 12.5 Å². The van der Waals surface area contributed by atoms with Crippen LogP contribution in [-0.2, 0) is 15.3 Å². The minimum Gasteiger partial charge on any atom is -0.378 e. The molecule has 1 saturated heterocycles. The van der Waals surface area contributed by atoms with Crippen molar-refractivity contribution in [1.82, 2.24) is 4.90 Å². The summed E-state index contributed by atoms with van der Waals surface area (Å²) in [5, 5.41) is 0.0170. The second-order valence-electron chi connectivity index (χ2n) is 4.38. The van der Waals surface area contributed by atoms with Gasteiger partial charge in [0.2, 0.25) is 5.91 Å². The zero-order valence-electron chi connectivity index (χ0n) is 10.7. The van der Waals surface area contributed by atoms with Crippen LogP contribution in [0.15, 0.2) is 30.3 Å². The molecule has 0 aliphatic carbocycles. The van der Waals surface area contributed by atoms with Crippen molar-refractivity contribution in [2.24, 2.45) is 0 Å². The topological polar surface area (TPSA) is 29.5 Å². The Hall–Kier alpha value is -1.00. The molecule has 0 spiro atoms. The van der Waals surface area contributed by atoms with E-state index in [1.165, 1.54) is 5.56 Å². The van der Waals surface area contributed by atoms with E-state index in [1.54, 1.807) is 11.8 Å². The fourth-order valence-corrected chi connectivity index (χ4v) is 2.83. The Morgan fingerprint density at radius 1 is 1.33 bits per heavy atom. The summed E-state index contributed by atoms with van der Waals surface area (Å²) < 4.78 is 5.26. The van der Waals surface area contributed by atoms with E-state index >= 15 is 0 Å². The maximum absolute atomic E-state index is 12.2. The summed E-state index contributed by atoms with van der Waals surface area (Å²) in [5.74, 6) is 1.12. The highest BCUT2D eigenvalue weighted by atomic mass is 32.2. The van der Waals surface area contributed by atoms with Gasteiger partial charge in [-0.25, -0.2) is 0 Å². The Bertz CT molecular complexity index is 377. The van der Waals surface area contributed by atoms with Gasteiger partial charge in [0.05, 0.1) is 18.5 Å². The second kappa shape index (κ2) is 6.81. The molecule has 1 aliphatic heterocycles. The molecule has 1 aromatic rings. The molecule has 1 atom stereocenters. The van der Waals surface area contributed by atoms with Crippen LogP contribution in [-0.4, -0.2) is 42.4 Å². The fraction of sp³-hybridized carbons (Fsp3) is 0.500. The summed E-state index contributed by atoms with van der Waals surface area (Å²) in [7, 11) is 0. The molecule has 0 N–H and O–H groups in total. The molecule has 0 radical (unpaired) electrons. The minimum atomic E-state index is 0.0170. The monoisotopic (exact) mass is 265 g/mol. The van der Waals surface area contributed by atoms with Crippen molar-refractivity contribution in [3.63, 3.8) is 0 Å². The summed E-state index contributed by atoms with van der Waals surface area (Å²) in [6, 6.07) is 10.3. The first-order valence-corrected chi connectivity index (χ1v) is 7.34. The molecule has 1 heterocycles. The van der Waals surface area contributed by atoms with Crippen LogP contribution in [0.1, 0.15) is 12.5 Å². The van der Waals surface area contributed by atoms with E-state index in [1.807, 2.05) is 30.0 Å². The predicted octanol–water partition coefficient (Wildman–Crippen LogP) is 2.17. The number of ether oxygens (including phenoxy) is 1. The van der Waals surface area contributed by atoms with Gasteiger partial charge in [0.15, 0.2) is 0 Å². The number of nitrogens with zero attached hydrogens (tertiary/aromatic N) is 1. The molecule has 1 amide bonds. The molecular weight excluding hydrogens is 246 g/mol. The number of hydrogen-bond acceptors (Lipinski definition) is 3.